The normalized spacial score (nSPS) is 10.6. The number of nitrogens with zero attached hydrogens (tertiary/aromatic N) is 1. The van der Waals surface area contributed by atoms with Crippen LogP contribution < -0.4 is 10.1 Å². The van der Waals surface area contributed by atoms with Gasteiger partial charge in [0.2, 0.25) is 0 Å². The molecule has 0 aromatic heterocycles. The molecule has 0 heterocycles. The van der Waals surface area contributed by atoms with Crippen LogP contribution in [-0.4, -0.2) is 18.7 Å². The highest BCUT2D eigenvalue weighted by Gasteiger charge is 2.03. The molecule has 3 aromatic carbocycles. The maximum Gasteiger partial charge on any atom is 0.265 e. The lowest BCUT2D eigenvalue weighted by molar-refractivity contribution is -0.120. The predicted molar refractivity (Wildman–Crippen MR) is 102 cm³/mol. The molecular formula is C21H17FN2O3. The standard InChI is InChI=1S/C21H17FN2O3/c22-17-6-4-5-16(13-17)14-23-26-15-21(25)24-18-9-11-20(12-10-18)27-19-7-2-1-3-8-19/h1-14H,15H2,(H,24,25)/b23-14-. The summed E-state index contributed by atoms with van der Waals surface area (Å²) in [6, 6.07) is 22.3. The molecule has 5 nitrogen and oxygen atoms in total. The smallest absolute Gasteiger partial charge is 0.265 e. The minimum atomic E-state index is -0.364. The zero-order chi connectivity index (χ0) is 18.9. The molecule has 1 amide bonds. The van der Waals surface area contributed by atoms with E-state index in [0.29, 0.717) is 17.0 Å². The van der Waals surface area contributed by atoms with Crippen molar-refractivity contribution in [2.45, 2.75) is 0 Å². The number of hydrogen-bond acceptors (Lipinski definition) is 4. The third-order valence-electron chi connectivity index (χ3n) is 3.44. The van der Waals surface area contributed by atoms with E-state index in [-0.39, 0.29) is 18.3 Å². The lowest BCUT2D eigenvalue weighted by Gasteiger charge is -2.07. The zero-order valence-electron chi connectivity index (χ0n) is 14.3. The lowest BCUT2D eigenvalue weighted by atomic mass is 10.2. The maximum absolute atomic E-state index is 13.0. The zero-order valence-corrected chi connectivity index (χ0v) is 14.3. The summed E-state index contributed by atoms with van der Waals surface area (Å²) >= 11 is 0. The van der Waals surface area contributed by atoms with E-state index < -0.39 is 0 Å². The number of amides is 1. The van der Waals surface area contributed by atoms with E-state index in [1.165, 1.54) is 18.3 Å². The van der Waals surface area contributed by atoms with Crippen LogP contribution in [0.3, 0.4) is 0 Å². The minimum absolute atomic E-state index is 0.256. The molecule has 1 N–H and O–H groups in total. The molecule has 0 spiro atoms. The highest BCUT2D eigenvalue weighted by molar-refractivity contribution is 5.91. The third-order valence-corrected chi connectivity index (χ3v) is 3.44. The van der Waals surface area contributed by atoms with Gasteiger partial charge in [-0.1, -0.05) is 35.5 Å². The second-order valence-electron chi connectivity index (χ2n) is 5.55. The van der Waals surface area contributed by atoms with E-state index in [9.17, 15) is 9.18 Å². The van der Waals surface area contributed by atoms with Gasteiger partial charge in [-0.15, -0.1) is 0 Å². The van der Waals surface area contributed by atoms with Crippen LogP contribution in [0.4, 0.5) is 10.1 Å². The number of rotatable bonds is 7. The van der Waals surface area contributed by atoms with Gasteiger partial charge in [-0.3, -0.25) is 4.79 Å². The van der Waals surface area contributed by atoms with E-state index in [1.807, 2.05) is 30.3 Å². The van der Waals surface area contributed by atoms with Gasteiger partial charge in [0.1, 0.15) is 17.3 Å². The Bertz CT molecular complexity index is 912. The Hall–Kier alpha value is -3.67. The maximum atomic E-state index is 13.0. The van der Waals surface area contributed by atoms with Gasteiger partial charge in [-0.05, 0) is 54.1 Å². The molecule has 0 saturated carbocycles. The fourth-order valence-corrected chi connectivity index (χ4v) is 2.21. The SMILES string of the molecule is O=C(CO/N=C\c1cccc(F)c1)Nc1ccc(Oc2ccccc2)cc1. The fourth-order valence-electron chi connectivity index (χ4n) is 2.21. The second kappa shape index (κ2) is 9.15. The fraction of sp³-hybridized carbons (Fsp3) is 0.0476. The van der Waals surface area contributed by atoms with Gasteiger partial charge in [-0.25, -0.2) is 4.39 Å². The van der Waals surface area contributed by atoms with Crippen molar-refractivity contribution in [2.75, 3.05) is 11.9 Å². The van der Waals surface area contributed by atoms with E-state index in [2.05, 4.69) is 10.5 Å². The number of oxime groups is 1. The molecule has 3 rings (SSSR count). The molecule has 0 atom stereocenters. The Morgan fingerprint density at radius 1 is 0.963 bits per heavy atom. The van der Waals surface area contributed by atoms with Crippen LogP contribution in [0.2, 0.25) is 0 Å². The van der Waals surface area contributed by atoms with Gasteiger partial charge < -0.3 is 14.9 Å². The number of nitrogens with one attached hydrogen (secondary N) is 1. The second-order valence-corrected chi connectivity index (χ2v) is 5.55. The van der Waals surface area contributed by atoms with Crippen molar-refractivity contribution in [3.05, 3.63) is 90.2 Å². The summed E-state index contributed by atoms with van der Waals surface area (Å²) in [7, 11) is 0. The van der Waals surface area contributed by atoms with Crippen LogP contribution in [-0.2, 0) is 9.63 Å². The molecule has 0 aliphatic rings. The first-order valence-corrected chi connectivity index (χ1v) is 8.23. The summed E-state index contributed by atoms with van der Waals surface area (Å²) in [6.45, 7) is -0.256. The van der Waals surface area contributed by atoms with Gasteiger partial charge in [0.15, 0.2) is 6.61 Å². The molecule has 0 fully saturated rings. The molecule has 0 aliphatic heterocycles. The van der Waals surface area contributed by atoms with Crippen molar-refractivity contribution in [1.29, 1.82) is 0 Å². The predicted octanol–water partition coefficient (Wildman–Crippen LogP) is 4.61. The van der Waals surface area contributed by atoms with Crippen molar-refractivity contribution in [3.8, 4) is 11.5 Å². The monoisotopic (exact) mass is 364 g/mol. The number of halogens is 1. The van der Waals surface area contributed by atoms with Crippen LogP contribution in [0.25, 0.3) is 0 Å². The molecule has 3 aromatic rings. The number of hydrogen-bond donors (Lipinski definition) is 1. The number of carbonyl (C=O) groups is 1. The Morgan fingerprint density at radius 2 is 1.70 bits per heavy atom. The van der Waals surface area contributed by atoms with Crippen LogP contribution >= 0.6 is 0 Å². The summed E-state index contributed by atoms with van der Waals surface area (Å²) in [5, 5.41) is 6.34. The average molecular weight is 364 g/mol. The molecule has 0 radical (unpaired) electrons. The van der Waals surface area contributed by atoms with Gasteiger partial charge >= 0.3 is 0 Å². The third kappa shape index (κ3) is 5.97. The molecule has 136 valence electrons. The van der Waals surface area contributed by atoms with Crippen molar-refractivity contribution < 1.29 is 18.8 Å². The van der Waals surface area contributed by atoms with E-state index in [1.54, 1.807) is 36.4 Å². The molecule has 0 saturated heterocycles. The molecule has 27 heavy (non-hydrogen) atoms. The van der Waals surface area contributed by atoms with Crippen molar-refractivity contribution in [3.63, 3.8) is 0 Å². The van der Waals surface area contributed by atoms with E-state index >= 15 is 0 Å². The number of anilines is 1. The highest BCUT2D eigenvalue weighted by atomic mass is 19.1. The van der Waals surface area contributed by atoms with Gasteiger partial charge in [0.05, 0.1) is 6.21 Å². The average Bonchev–Trinajstić information content (AvgIpc) is 2.68. The topological polar surface area (TPSA) is 59.9 Å². The number of benzene rings is 3. The Labute approximate surface area is 156 Å². The van der Waals surface area contributed by atoms with Gasteiger partial charge in [-0.2, -0.15) is 0 Å². The van der Waals surface area contributed by atoms with Crippen molar-refractivity contribution >= 4 is 17.8 Å². The first kappa shape index (κ1) is 18.1. The lowest BCUT2D eigenvalue weighted by Crippen LogP contribution is -2.16. The summed E-state index contributed by atoms with van der Waals surface area (Å²) < 4.78 is 18.7. The van der Waals surface area contributed by atoms with Gasteiger partial charge in [0.25, 0.3) is 5.91 Å². The minimum Gasteiger partial charge on any atom is -0.457 e. The van der Waals surface area contributed by atoms with E-state index in [4.69, 9.17) is 9.57 Å². The van der Waals surface area contributed by atoms with Crippen LogP contribution in [0.5, 0.6) is 11.5 Å². The summed E-state index contributed by atoms with van der Waals surface area (Å²) in [4.78, 5) is 16.8. The van der Waals surface area contributed by atoms with Crippen LogP contribution in [0.1, 0.15) is 5.56 Å². The Kier molecular flexibility index (Phi) is 6.14. The first-order chi connectivity index (χ1) is 13.2. The number of ether oxygens (including phenoxy) is 1. The van der Waals surface area contributed by atoms with Crippen molar-refractivity contribution in [1.82, 2.24) is 0 Å². The van der Waals surface area contributed by atoms with Crippen LogP contribution in [0, 0.1) is 5.82 Å². The molecule has 6 heteroatoms. The van der Waals surface area contributed by atoms with Crippen LogP contribution in [0.15, 0.2) is 84.0 Å². The quantitative estimate of drug-likeness (QED) is 0.492. The Morgan fingerprint density at radius 3 is 2.44 bits per heavy atom. The summed E-state index contributed by atoms with van der Waals surface area (Å²) in [5.74, 6) is 0.675. The first-order valence-electron chi connectivity index (χ1n) is 8.23. The van der Waals surface area contributed by atoms with E-state index in [0.717, 1.165) is 5.75 Å². The number of para-hydroxylation sites is 1. The Balaban J connectivity index is 1.45. The van der Waals surface area contributed by atoms with Crippen molar-refractivity contribution in [2.24, 2.45) is 5.16 Å². The molecular weight excluding hydrogens is 347 g/mol. The molecule has 0 unspecified atom stereocenters. The molecule has 0 bridgehead atoms. The highest BCUT2D eigenvalue weighted by Crippen LogP contribution is 2.22. The summed E-state index contributed by atoms with van der Waals surface area (Å²) in [6.07, 6.45) is 1.34. The largest absolute Gasteiger partial charge is 0.457 e. The van der Waals surface area contributed by atoms with Gasteiger partial charge in [0, 0.05) is 5.69 Å². The summed E-state index contributed by atoms with van der Waals surface area (Å²) in [5.41, 5.74) is 1.16. The number of carbonyl (C=O) groups excluding carboxylic acids is 1. The molecule has 0 aliphatic carbocycles.